The van der Waals surface area contributed by atoms with Gasteiger partial charge in [0.05, 0.1) is 18.2 Å². The fourth-order valence-corrected chi connectivity index (χ4v) is 2.29. The normalized spacial score (nSPS) is 25.9. The number of aromatic nitrogens is 1. The molecule has 2 unspecified atom stereocenters. The van der Waals surface area contributed by atoms with Crippen LogP contribution in [0, 0.1) is 0 Å². The van der Waals surface area contributed by atoms with Crippen LogP contribution in [-0.4, -0.2) is 35.9 Å². The summed E-state index contributed by atoms with van der Waals surface area (Å²) in [7, 11) is 2.03. The van der Waals surface area contributed by atoms with Crippen LogP contribution in [0.2, 0.25) is 0 Å². The fourth-order valence-electron chi connectivity index (χ4n) is 2.29. The van der Waals surface area contributed by atoms with Crippen LogP contribution in [-0.2, 0) is 4.74 Å². The van der Waals surface area contributed by atoms with Crippen molar-refractivity contribution >= 4 is 5.82 Å². The number of aliphatic hydroxyl groups excluding tert-OH is 1. The SMILES string of the molecule is CC1OCCC1N(C)c1cc([C@H](C)O)ccn1. The molecule has 1 aromatic heterocycles. The van der Waals surface area contributed by atoms with Crippen molar-refractivity contribution in [2.24, 2.45) is 0 Å². The monoisotopic (exact) mass is 236 g/mol. The molecule has 17 heavy (non-hydrogen) atoms. The van der Waals surface area contributed by atoms with Crippen LogP contribution in [0.25, 0.3) is 0 Å². The van der Waals surface area contributed by atoms with Crippen molar-refractivity contribution < 1.29 is 9.84 Å². The van der Waals surface area contributed by atoms with Gasteiger partial charge in [0, 0.05) is 19.9 Å². The molecule has 0 amide bonds. The van der Waals surface area contributed by atoms with E-state index in [1.807, 2.05) is 19.2 Å². The van der Waals surface area contributed by atoms with E-state index in [0.717, 1.165) is 24.4 Å². The summed E-state index contributed by atoms with van der Waals surface area (Å²) < 4.78 is 5.57. The highest BCUT2D eigenvalue weighted by Crippen LogP contribution is 2.24. The van der Waals surface area contributed by atoms with Crippen LogP contribution in [0.5, 0.6) is 0 Å². The zero-order chi connectivity index (χ0) is 12.4. The Kier molecular flexibility index (Phi) is 3.64. The molecular weight excluding hydrogens is 216 g/mol. The van der Waals surface area contributed by atoms with E-state index in [2.05, 4.69) is 16.8 Å². The molecule has 4 nitrogen and oxygen atoms in total. The maximum Gasteiger partial charge on any atom is 0.128 e. The smallest absolute Gasteiger partial charge is 0.128 e. The molecule has 1 N–H and O–H groups in total. The van der Waals surface area contributed by atoms with Crippen LogP contribution in [0.4, 0.5) is 5.82 Å². The van der Waals surface area contributed by atoms with Gasteiger partial charge >= 0.3 is 0 Å². The van der Waals surface area contributed by atoms with E-state index in [1.165, 1.54) is 0 Å². The number of ether oxygens (including phenoxy) is 1. The van der Waals surface area contributed by atoms with Crippen LogP contribution in [0.1, 0.15) is 31.9 Å². The van der Waals surface area contributed by atoms with E-state index in [1.54, 1.807) is 13.1 Å². The van der Waals surface area contributed by atoms with Crippen LogP contribution >= 0.6 is 0 Å². The lowest BCUT2D eigenvalue weighted by molar-refractivity contribution is 0.118. The van der Waals surface area contributed by atoms with Gasteiger partial charge in [-0.1, -0.05) is 0 Å². The summed E-state index contributed by atoms with van der Waals surface area (Å²) in [5.41, 5.74) is 0.897. The quantitative estimate of drug-likeness (QED) is 0.868. The van der Waals surface area contributed by atoms with Crippen molar-refractivity contribution in [2.45, 2.75) is 38.5 Å². The number of nitrogens with zero attached hydrogens (tertiary/aromatic N) is 2. The molecule has 0 spiro atoms. The second kappa shape index (κ2) is 5.02. The second-order valence-electron chi connectivity index (χ2n) is 4.67. The predicted molar refractivity (Wildman–Crippen MR) is 67.1 cm³/mol. The molecule has 1 aliphatic rings. The molecule has 2 rings (SSSR count). The summed E-state index contributed by atoms with van der Waals surface area (Å²) in [5.74, 6) is 0.894. The number of pyridine rings is 1. The second-order valence-corrected chi connectivity index (χ2v) is 4.67. The number of aliphatic hydroxyl groups is 1. The largest absolute Gasteiger partial charge is 0.389 e. The van der Waals surface area contributed by atoms with Gasteiger partial charge < -0.3 is 14.7 Å². The summed E-state index contributed by atoms with van der Waals surface area (Å²) >= 11 is 0. The molecule has 1 fully saturated rings. The van der Waals surface area contributed by atoms with E-state index in [9.17, 15) is 5.11 Å². The highest BCUT2D eigenvalue weighted by molar-refractivity contribution is 5.42. The van der Waals surface area contributed by atoms with Gasteiger partial charge in [-0.05, 0) is 38.0 Å². The first kappa shape index (κ1) is 12.3. The Hall–Kier alpha value is -1.13. The highest BCUT2D eigenvalue weighted by Gasteiger charge is 2.28. The van der Waals surface area contributed by atoms with Gasteiger partial charge in [0.1, 0.15) is 5.82 Å². The number of hydrogen-bond acceptors (Lipinski definition) is 4. The van der Waals surface area contributed by atoms with Gasteiger partial charge in [0.25, 0.3) is 0 Å². The summed E-state index contributed by atoms with van der Waals surface area (Å²) in [6.07, 6.45) is 2.55. The topological polar surface area (TPSA) is 45.6 Å². The molecule has 2 heterocycles. The Morgan fingerprint density at radius 2 is 2.35 bits per heavy atom. The fraction of sp³-hybridized carbons (Fsp3) is 0.615. The van der Waals surface area contributed by atoms with Crippen molar-refractivity contribution in [1.29, 1.82) is 0 Å². The van der Waals surface area contributed by atoms with E-state index < -0.39 is 6.10 Å². The van der Waals surface area contributed by atoms with Gasteiger partial charge in [-0.25, -0.2) is 4.98 Å². The summed E-state index contributed by atoms with van der Waals surface area (Å²) in [4.78, 5) is 6.50. The Morgan fingerprint density at radius 1 is 1.59 bits per heavy atom. The van der Waals surface area contributed by atoms with Gasteiger partial charge in [-0.15, -0.1) is 0 Å². The zero-order valence-corrected chi connectivity index (χ0v) is 10.6. The number of hydrogen-bond donors (Lipinski definition) is 1. The molecule has 0 bridgehead atoms. The molecule has 0 aromatic carbocycles. The van der Waals surface area contributed by atoms with Crippen LogP contribution in [0.3, 0.4) is 0 Å². The van der Waals surface area contributed by atoms with E-state index in [4.69, 9.17) is 4.74 Å². The third-order valence-corrected chi connectivity index (χ3v) is 3.45. The number of likely N-dealkylation sites (N-methyl/N-ethyl adjacent to an activating group) is 1. The first-order valence-electron chi connectivity index (χ1n) is 6.08. The summed E-state index contributed by atoms with van der Waals surface area (Å²) in [6.45, 7) is 4.67. The van der Waals surface area contributed by atoms with Gasteiger partial charge in [-0.3, -0.25) is 0 Å². The summed E-state index contributed by atoms with van der Waals surface area (Å²) in [6, 6.07) is 4.15. The third-order valence-electron chi connectivity index (χ3n) is 3.45. The number of anilines is 1. The Bertz CT molecular complexity index is 381. The van der Waals surface area contributed by atoms with E-state index in [-0.39, 0.29) is 6.10 Å². The highest BCUT2D eigenvalue weighted by atomic mass is 16.5. The average Bonchev–Trinajstić information content (AvgIpc) is 2.74. The molecule has 1 aliphatic heterocycles. The van der Waals surface area contributed by atoms with Crippen molar-refractivity contribution in [2.75, 3.05) is 18.6 Å². The minimum atomic E-state index is -0.456. The molecule has 0 aliphatic carbocycles. The zero-order valence-electron chi connectivity index (χ0n) is 10.6. The van der Waals surface area contributed by atoms with Crippen LogP contribution < -0.4 is 4.90 Å². The average molecular weight is 236 g/mol. The minimum Gasteiger partial charge on any atom is -0.389 e. The minimum absolute atomic E-state index is 0.233. The van der Waals surface area contributed by atoms with Gasteiger partial charge in [0.2, 0.25) is 0 Å². The maximum atomic E-state index is 9.58. The number of rotatable bonds is 3. The van der Waals surface area contributed by atoms with Crippen molar-refractivity contribution in [3.8, 4) is 0 Å². The molecule has 94 valence electrons. The lowest BCUT2D eigenvalue weighted by Crippen LogP contribution is -2.37. The van der Waals surface area contributed by atoms with E-state index >= 15 is 0 Å². The molecule has 1 aromatic rings. The Balaban J connectivity index is 2.18. The molecule has 1 saturated heterocycles. The van der Waals surface area contributed by atoms with Gasteiger partial charge in [0.15, 0.2) is 0 Å². The predicted octanol–water partition coefficient (Wildman–Crippen LogP) is 1.75. The van der Waals surface area contributed by atoms with Crippen molar-refractivity contribution in [3.63, 3.8) is 0 Å². The first-order valence-corrected chi connectivity index (χ1v) is 6.08. The lowest BCUT2D eigenvalue weighted by atomic mass is 10.1. The molecule has 4 heteroatoms. The third kappa shape index (κ3) is 2.58. The van der Waals surface area contributed by atoms with Crippen LogP contribution in [0.15, 0.2) is 18.3 Å². The maximum absolute atomic E-state index is 9.58. The lowest BCUT2D eigenvalue weighted by Gasteiger charge is -2.28. The molecule has 0 saturated carbocycles. The first-order chi connectivity index (χ1) is 8.09. The van der Waals surface area contributed by atoms with Gasteiger partial charge in [-0.2, -0.15) is 0 Å². The molecule has 0 radical (unpaired) electrons. The Labute approximate surface area is 102 Å². The van der Waals surface area contributed by atoms with Crippen molar-refractivity contribution in [1.82, 2.24) is 4.98 Å². The van der Waals surface area contributed by atoms with E-state index in [0.29, 0.717) is 6.04 Å². The Morgan fingerprint density at radius 3 is 2.94 bits per heavy atom. The standard InChI is InChI=1S/C13H20N2O2/c1-9(16)11-4-6-14-13(8-11)15(3)12-5-7-17-10(12)2/h4,6,8-10,12,16H,5,7H2,1-3H3/t9-,10?,12?/m0/s1. The molecular formula is C13H20N2O2. The molecule has 3 atom stereocenters. The summed E-state index contributed by atoms with van der Waals surface area (Å²) in [5, 5.41) is 9.58. The van der Waals surface area contributed by atoms with Crippen molar-refractivity contribution in [3.05, 3.63) is 23.9 Å².